The smallest absolute Gasteiger partial charge is 0.261 e. The second-order valence-corrected chi connectivity index (χ2v) is 6.47. The molecular formula is C20H21N5O2. The van der Waals surface area contributed by atoms with E-state index in [9.17, 15) is 4.79 Å². The van der Waals surface area contributed by atoms with Gasteiger partial charge in [-0.1, -0.05) is 36.4 Å². The molecule has 1 fully saturated rings. The molecule has 0 radical (unpaired) electrons. The van der Waals surface area contributed by atoms with E-state index in [1.54, 1.807) is 0 Å². The van der Waals surface area contributed by atoms with Crippen LogP contribution in [0.2, 0.25) is 0 Å². The van der Waals surface area contributed by atoms with Crippen LogP contribution in [-0.2, 0) is 4.79 Å². The van der Waals surface area contributed by atoms with E-state index < -0.39 is 0 Å². The Morgan fingerprint density at radius 2 is 1.78 bits per heavy atom. The minimum atomic E-state index is -0.164. The van der Waals surface area contributed by atoms with E-state index in [2.05, 4.69) is 15.4 Å². The average molecular weight is 363 g/mol. The van der Waals surface area contributed by atoms with Gasteiger partial charge in [-0.3, -0.25) is 4.79 Å². The van der Waals surface area contributed by atoms with Crippen LogP contribution < -0.4 is 4.74 Å². The van der Waals surface area contributed by atoms with Gasteiger partial charge in [0.05, 0.1) is 11.7 Å². The van der Waals surface area contributed by atoms with Crippen LogP contribution in [0.15, 0.2) is 60.7 Å². The number of benzene rings is 2. The summed E-state index contributed by atoms with van der Waals surface area (Å²) < 4.78 is 5.63. The first-order valence-corrected chi connectivity index (χ1v) is 9.14. The highest BCUT2D eigenvalue weighted by Crippen LogP contribution is 2.28. The number of piperidine rings is 1. The molecule has 1 aliphatic rings. The number of tetrazole rings is 1. The van der Waals surface area contributed by atoms with Crippen molar-refractivity contribution in [3.63, 3.8) is 0 Å². The van der Waals surface area contributed by atoms with E-state index in [1.807, 2.05) is 65.6 Å². The Hall–Kier alpha value is -3.22. The molecule has 0 aliphatic carbocycles. The molecule has 0 N–H and O–H groups in total. The lowest BCUT2D eigenvalue weighted by molar-refractivity contribution is -0.137. The maximum absolute atomic E-state index is 12.8. The molecule has 138 valence electrons. The van der Waals surface area contributed by atoms with E-state index in [-0.39, 0.29) is 18.6 Å². The summed E-state index contributed by atoms with van der Waals surface area (Å²) in [6.07, 6.45) is 2.84. The third-order valence-corrected chi connectivity index (χ3v) is 4.64. The SMILES string of the molecule is O=C(COc1ccccc1)N1CCCC[C@@H]1c1nnn(-c2ccccc2)n1. The van der Waals surface area contributed by atoms with Crippen molar-refractivity contribution in [1.82, 2.24) is 25.1 Å². The van der Waals surface area contributed by atoms with Crippen LogP contribution in [0.4, 0.5) is 0 Å². The van der Waals surface area contributed by atoms with Crippen LogP contribution in [0.5, 0.6) is 5.75 Å². The van der Waals surface area contributed by atoms with E-state index >= 15 is 0 Å². The molecule has 2 heterocycles. The normalized spacial score (nSPS) is 16.9. The third-order valence-electron chi connectivity index (χ3n) is 4.64. The van der Waals surface area contributed by atoms with Crippen molar-refractivity contribution in [2.75, 3.05) is 13.2 Å². The number of para-hydroxylation sites is 2. The Bertz CT molecular complexity index is 882. The first-order chi connectivity index (χ1) is 13.3. The van der Waals surface area contributed by atoms with Gasteiger partial charge in [-0.25, -0.2) is 0 Å². The van der Waals surface area contributed by atoms with Gasteiger partial charge in [0.2, 0.25) is 0 Å². The quantitative estimate of drug-likeness (QED) is 0.697. The summed E-state index contributed by atoms with van der Waals surface area (Å²) >= 11 is 0. The van der Waals surface area contributed by atoms with Crippen molar-refractivity contribution in [1.29, 1.82) is 0 Å². The predicted molar refractivity (Wildman–Crippen MR) is 99.4 cm³/mol. The Labute approximate surface area is 157 Å². The van der Waals surface area contributed by atoms with Crippen LogP contribution in [0.25, 0.3) is 5.69 Å². The highest BCUT2D eigenvalue weighted by Gasteiger charge is 2.31. The van der Waals surface area contributed by atoms with E-state index in [0.717, 1.165) is 24.9 Å². The molecule has 1 saturated heterocycles. The zero-order valence-electron chi connectivity index (χ0n) is 14.9. The topological polar surface area (TPSA) is 73.1 Å². The van der Waals surface area contributed by atoms with Crippen LogP contribution in [0.3, 0.4) is 0 Å². The summed E-state index contributed by atoms with van der Waals surface area (Å²) in [4.78, 5) is 16.1. The standard InChI is InChI=1S/C20H21N5O2/c26-19(15-27-17-11-5-2-6-12-17)24-14-8-7-13-18(24)20-21-23-25(22-20)16-9-3-1-4-10-16/h1-6,9-12,18H,7-8,13-15H2/t18-/m1/s1. The molecule has 4 rings (SSSR count). The van der Waals surface area contributed by atoms with Crippen LogP contribution >= 0.6 is 0 Å². The number of rotatable bonds is 5. The summed E-state index contributed by atoms with van der Waals surface area (Å²) in [5.41, 5.74) is 0.845. The van der Waals surface area contributed by atoms with Crippen molar-refractivity contribution in [2.24, 2.45) is 0 Å². The first kappa shape index (κ1) is 17.2. The second kappa shape index (κ2) is 7.99. The fraction of sp³-hybridized carbons (Fsp3) is 0.300. The van der Waals surface area contributed by atoms with Gasteiger partial charge in [0.25, 0.3) is 5.91 Å². The minimum absolute atomic E-state index is 0.00728. The number of ether oxygens (including phenoxy) is 1. The van der Waals surface area contributed by atoms with Crippen molar-refractivity contribution < 1.29 is 9.53 Å². The molecule has 3 aromatic rings. The first-order valence-electron chi connectivity index (χ1n) is 9.14. The van der Waals surface area contributed by atoms with E-state index in [4.69, 9.17) is 4.74 Å². The van der Waals surface area contributed by atoms with Gasteiger partial charge in [-0.05, 0) is 48.7 Å². The molecule has 1 aliphatic heterocycles. The number of likely N-dealkylation sites (tertiary alicyclic amines) is 1. The Morgan fingerprint density at radius 1 is 1.04 bits per heavy atom. The number of nitrogens with zero attached hydrogens (tertiary/aromatic N) is 5. The number of carbonyl (C=O) groups is 1. The van der Waals surface area contributed by atoms with Crippen molar-refractivity contribution >= 4 is 5.91 Å². The third kappa shape index (κ3) is 3.97. The van der Waals surface area contributed by atoms with Crippen molar-refractivity contribution in [3.05, 3.63) is 66.5 Å². The van der Waals surface area contributed by atoms with Crippen LogP contribution in [0.1, 0.15) is 31.1 Å². The molecule has 2 aromatic carbocycles. The number of amides is 1. The summed E-state index contributed by atoms with van der Waals surface area (Å²) in [5.74, 6) is 1.21. The van der Waals surface area contributed by atoms with Gasteiger partial charge in [0.1, 0.15) is 5.75 Å². The molecule has 1 amide bonds. The number of aromatic nitrogens is 4. The average Bonchev–Trinajstić information content (AvgIpc) is 3.23. The molecule has 0 bridgehead atoms. The highest BCUT2D eigenvalue weighted by atomic mass is 16.5. The molecule has 0 saturated carbocycles. The maximum Gasteiger partial charge on any atom is 0.261 e. The molecule has 0 spiro atoms. The van der Waals surface area contributed by atoms with Gasteiger partial charge < -0.3 is 9.64 Å². The molecule has 27 heavy (non-hydrogen) atoms. The monoisotopic (exact) mass is 363 g/mol. The van der Waals surface area contributed by atoms with Crippen molar-refractivity contribution in [2.45, 2.75) is 25.3 Å². The van der Waals surface area contributed by atoms with E-state index in [1.165, 1.54) is 4.80 Å². The zero-order chi connectivity index (χ0) is 18.5. The Kier molecular flexibility index (Phi) is 5.09. The highest BCUT2D eigenvalue weighted by molar-refractivity contribution is 5.78. The second-order valence-electron chi connectivity index (χ2n) is 6.47. The number of hydrogen-bond donors (Lipinski definition) is 0. The minimum Gasteiger partial charge on any atom is -0.484 e. The summed E-state index contributed by atoms with van der Waals surface area (Å²) in [6, 6.07) is 18.8. The van der Waals surface area contributed by atoms with Crippen molar-refractivity contribution in [3.8, 4) is 11.4 Å². The van der Waals surface area contributed by atoms with Gasteiger partial charge >= 0.3 is 0 Å². The van der Waals surface area contributed by atoms with Crippen LogP contribution in [0, 0.1) is 0 Å². The lowest BCUT2D eigenvalue weighted by Gasteiger charge is -2.33. The molecule has 1 aromatic heterocycles. The maximum atomic E-state index is 12.8. The van der Waals surface area contributed by atoms with E-state index in [0.29, 0.717) is 18.1 Å². The molecule has 7 nitrogen and oxygen atoms in total. The fourth-order valence-electron chi connectivity index (χ4n) is 3.27. The lowest BCUT2D eigenvalue weighted by Crippen LogP contribution is -2.41. The Morgan fingerprint density at radius 3 is 2.56 bits per heavy atom. The number of carbonyl (C=O) groups excluding carboxylic acids is 1. The molecule has 7 heteroatoms. The molecule has 0 unspecified atom stereocenters. The lowest BCUT2D eigenvalue weighted by atomic mass is 10.0. The van der Waals surface area contributed by atoms with Gasteiger partial charge in [-0.15, -0.1) is 15.0 Å². The fourth-order valence-corrected chi connectivity index (χ4v) is 3.27. The molecule has 1 atom stereocenters. The Balaban J connectivity index is 1.47. The van der Waals surface area contributed by atoms with Crippen LogP contribution in [-0.4, -0.2) is 44.2 Å². The summed E-state index contributed by atoms with van der Waals surface area (Å²) in [7, 11) is 0. The molecular weight excluding hydrogens is 342 g/mol. The number of hydrogen-bond acceptors (Lipinski definition) is 5. The summed E-state index contributed by atoms with van der Waals surface area (Å²) in [5, 5.41) is 12.9. The largest absolute Gasteiger partial charge is 0.484 e. The van der Waals surface area contributed by atoms with Gasteiger partial charge in [0.15, 0.2) is 12.4 Å². The van der Waals surface area contributed by atoms with Gasteiger partial charge in [0, 0.05) is 6.54 Å². The summed E-state index contributed by atoms with van der Waals surface area (Å²) in [6.45, 7) is 0.689. The van der Waals surface area contributed by atoms with Gasteiger partial charge in [-0.2, -0.15) is 0 Å². The zero-order valence-corrected chi connectivity index (χ0v) is 14.9. The predicted octanol–water partition coefficient (Wildman–Crippen LogP) is 2.79.